The topological polar surface area (TPSA) is 41.6 Å². The van der Waals surface area contributed by atoms with Crippen molar-refractivity contribution in [3.8, 4) is 0 Å². The van der Waals surface area contributed by atoms with Gasteiger partial charge in [0, 0.05) is 10.7 Å². The lowest BCUT2D eigenvalue weighted by atomic mass is 9.90. The van der Waals surface area contributed by atoms with E-state index in [0.29, 0.717) is 12.5 Å². The Morgan fingerprint density at radius 2 is 1.71 bits per heavy atom. The first-order valence-corrected chi connectivity index (χ1v) is 7.31. The second kappa shape index (κ2) is 5.08. The molecule has 0 saturated heterocycles. The van der Waals surface area contributed by atoms with Gasteiger partial charge in [-0.1, -0.05) is 41.4 Å². The zero-order chi connectivity index (χ0) is 15.0. The summed E-state index contributed by atoms with van der Waals surface area (Å²) < 4.78 is 0. The van der Waals surface area contributed by atoms with Crippen LogP contribution in [0.2, 0.25) is 5.02 Å². The van der Waals surface area contributed by atoms with Crippen LogP contribution in [0, 0.1) is 6.92 Å². The summed E-state index contributed by atoms with van der Waals surface area (Å²) in [5, 5.41) is 0.733. The van der Waals surface area contributed by atoms with Gasteiger partial charge in [-0.2, -0.15) is 0 Å². The number of anilines is 1. The summed E-state index contributed by atoms with van der Waals surface area (Å²) in [4.78, 5) is 6.55. The number of benzene rings is 2. The maximum atomic E-state index is 6.14. The molecule has 21 heavy (non-hydrogen) atoms. The average Bonchev–Trinajstić information content (AvgIpc) is 2.78. The summed E-state index contributed by atoms with van der Waals surface area (Å²) in [7, 11) is 0. The molecule has 2 aromatic rings. The second-order valence-corrected chi connectivity index (χ2v) is 6.06. The third kappa shape index (κ3) is 2.38. The van der Waals surface area contributed by atoms with Crippen molar-refractivity contribution in [2.24, 2.45) is 10.7 Å². The van der Waals surface area contributed by atoms with Gasteiger partial charge in [-0.25, -0.2) is 0 Å². The molecule has 0 aliphatic carbocycles. The molecule has 0 radical (unpaired) electrons. The van der Waals surface area contributed by atoms with Crippen molar-refractivity contribution >= 4 is 23.2 Å². The molecule has 3 rings (SSSR count). The van der Waals surface area contributed by atoms with Crippen LogP contribution in [-0.4, -0.2) is 12.5 Å². The predicted octanol–water partition coefficient (Wildman–Crippen LogP) is 3.70. The number of aliphatic imine (C=N–C) groups is 1. The first-order chi connectivity index (χ1) is 10.0. The first kappa shape index (κ1) is 14.0. The van der Waals surface area contributed by atoms with Crippen molar-refractivity contribution in [1.82, 2.24) is 0 Å². The Kier molecular flexibility index (Phi) is 3.38. The van der Waals surface area contributed by atoms with Crippen LogP contribution in [0.1, 0.15) is 18.1 Å². The summed E-state index contributed by atoms with van der Waals surface area (Å²) in [6.07, 6.45) is 0. The summed E-state index contributed by atoms with van der Waals surface area (Å²) >= 11 is 6.00. The van der Waals surface area contributed by atoms with Crippen LogP contribution in [0.4, 0.5) is 5.69 Å². The van der Waals surface area contributed by atoms with Gasteiger partial charge in [0.25, 0.3) is 0 Å². The Labute approximate surface area is 130 Å². The summed E-state index contributed by atoms with van der Waals surface area (Å²) in [6.45, 7) is 4.86. The third-order valence-electron chi connectivity index (χ3n) is 4.03. The van der Waals surface area contributed by atoms with Gasteiger partial charge in [-0.3, -0.25) is 4.99 Å². The minimum atomic E-state index is -0.288. The normalized spacial score (nSPS) is 21.5. The molecule has 2 aromatic carbocycles. The highest BCUT2D eigenvalue weighted by Gasteiger charge is 2.40. The number of aryl methyl sites for hydroxylation is 1. The van der Waals surface area contributed by atoms with Crippen LogP contribution < -0.4 is 10.6 Å². The molecule has 1 unspecified atom stereocenters. The Morgan fingerprint density at radius 1 is 1.10 bits per heavy atom. The number of hydrogen-bond donors (Lipinski definition) is 1. The molecule has 0 saturated carbocycles. The Bertz CT molecular complexity index is 676. The molecule has 2 N–H and O–H groups in total. The van der Waals surface area contributed by atoms with Crippen LogP contribution in [0.15, 0.2) is 53.5 Å². The maximum Gasteiger partial charge on any atom is 0.196 e. The SMILES string of the molecule is Cc1ccc(N2C(N)=NCC2(C)c2ccc(Cl)cc2)cc1. The van der Waals surface area contributed by atoms with Crippen molar-refractivity contribution in [2.75, 3.05) is 11.4 Å². The first-order valence-electron chi connectivity index (χ1n) is 6.93. The summed E-state index contributed by atoms with van der Waals surface area (Å²) in [6, 6.07) is 16.2. The van der Waals surface area contributed by atoms with Gasteiger partial charge in [-0.15, -0.1) is 0 Å². The van der Waals surface area contributed by atoms with Crippen LogP contribution in [0.5, 0.6) is 0 Å². The van der Waals surface area contributed by atoms with Crippen molar-refractivity contribution in [3.63, 3.8) is 0 Å². The summed E-state index contributed by atoms with van der Waals surface area (Å²) in [5.74, 6) is 0.552. The standard InChI is InChI=1S/C17H18ClN3/c1-12-3-9-15(10-4-12)21-16(19)20-11-17(21,2)13-5-7-14(18)8-6-13/h3-10H,11H2,1-2H3,(H2,19,20). The lowest BCUT2D eigenvalue weighted by Crippen LogP contribution is -2.47. The molecule has 0 bridgehead atoms. The quantitative estimate of drug-likeness (QED) is 0.918. The third-order valence-corrected chi connectivity index (χ3v) is 4.28. The van der Waals surface area contributed by atoms with Crippen molar-refractivity contribution in [2.45, 2.75) is 19.4 Å². The fourth-order valence-electron chi connectivity index (χ4n) is 2.77. The maximum absolute atomic E-state index is 6.14. The van der Waals surface area contributed by atoms with E-state index >= 15 is 0 Å². The van der Waals surface area contributed by atoms with E-state index in [0.717, 1.165) is 16.3 Å². The molecule has 4 heteroatoms. The van der Waals surface area contributed by atoms with Gasteiger partial charge < -0.3 is 10.6 Å². The predicted molar refractivity (Wildman–Crippen MR) is 89.0 cm³/mol. The van der Waals surface area contributed by atoms with Crippen LogP contribution in [-0.2, 0) is 5.54 Å². The van der Waals surface area contributed by atoms with E-state index in [4.69, 9.17) is 17.3 Å². The minimum Gasteiger partial charge on any atom is -0.369 e. The Morgan fingerprint density at radius 3 is 2.33 bits per heavy atom. The minimum absolute atomic E-state index is 0.288. The van der Waals surface area contributed by atoms with E-state index in [1.54, 1.807) is 0 Å². The molecule has 1 aliphatic rings. The smallest absolute Gasteiger partial charge is 0.196 e. The number of rotatable bonds is 2. The number of halogens is 1. The molecular weight excluding hydrogens is 282 g/mol. The van der Waals surface area contributed by atoms with E-state index < -0.39 is 0 Å². The van der Waals surface area contributed by atoms with Gasteiger partial charge in [-0.05, 0) is 43.7 Å². The zero-order valence-corrected chi connectivity index (χ0v) is 12.9. The van der Waals surface area contributed by atoms with E-state index in [1.807, 2.05) is 24.3 Å². The molecule has 0 amide bonds. The molecule has 1 aliphatic heterocycles. The Hall–Kier alpha value is -2.00. The van der Waals surface area contributed by atoms with Crippen molar-refractivity contribution in [3.05, 3.63) is 64.7 Å². The van der Waals surface area contributed by atoms with Gasteiger partial charge in [0.1, 0.15) is 0 Å². The molecule has 0 fully saturated rings. The lowest BCUT2D eigenvalue weighted by Gasteiger charge is -2.36. The van der Waals surface area contributed by atoms with Crippen molar-refractivity contribution < 1.29 is 0 Å². The average molecular weight is 300 g/mol. The van der Waals surface area contributed by atoms with Gasteiger partial charge >= 0.3 is 0 Å². The van der Waals surface area contributed by atoms with Crippen molar-refractivity contribution in [1.29, 1.82) is 0 Å². The van der Waals surface area contributed by atoms with E-state index in [-0.39, 0.29) is 5.54 Å². The highest BCUT2D eigenvalue weighted by atomic mass is 35.5. The van der Waals surface area contributed by atoms with E-state index in [9.17, 15) is 0 Å². The number of nitrogens with two attached hydrogens (primary N) is 1. The van der Waals surface area contributed by atoms with E-state index in [1.165, 1.54) is 5.56 Å². The highest BCUT2D eigenvalue weighted by Crippen LogP contribution is 2.37. The molecule has 1 atom stereocenters. The molecule has 0 spiro atoms. The number of hydrogen-bond acceptors (Lipinski definition) is 3. The van der Waals surface area contributed by atoms with Gasteiger partial charge in [0.15, 0.2) is 5.96 Å². The van der Waals surface area contributed by atoms with E-state index in [2.05, 4.69) is 48.0 Å². The van der Waals surface area contributed by atoms with Gasteiger partial charge in [0.05, 0.1) is 12.1 Å². The molecule has 1 heterocycles. The fourth-order valence-corrected chi connectivity index (χ4v) is 2.90. The largest absolute Gasteiger partial charge is 0.369 e. The lowest BCUT2D eigenvalue weighted by molar-refractivity contribution is 0.533. The fraction of sp³-hybridized carbons (Fsp3) is 0.235. The van der Waals surface area contributed by atoms with Gasteiger partial charge in [0.2, 0.25) is 0 Å². The Balaban J connectivity index is 2.05. The zero-order valence-electron chi connectivity index (χ0n) is 12.2. The van der Waals surface area contributed by atoms with Crippen LogP contribution >= 0.6 is 11.6 Å². The monoisotopic (exact) mass is 299 g/mol. The van der Waals surface area contributed by atoms with Crippen LogP contribution in [0.3, 0.4) is 0 Å². The highest BCUT2D eigenvalue weighted by molar-refractivity contribution is 6.30. The molecule has 108 valence electrons. The van der Waals surface area contributed by atoms with Crippen LogP contribution in [0.25, 0.3) is 0 Å². The molecule has 0 aromatic heterocycles. The second-order valence-electron chi connectivity index (χ2n) is 5.63. The molecular formula is C17H18ClN3. The number of guanidine groups is 1. The summed E-state index contributed by atoms with van der Waals surface area (Å²) in [5.41, 5.74) is 9.28. The molecule has 3 nitrogen and oxygen atoms in total. The number of nitrogens with zero attached hydrogens (tertiary/aromatic N) is 2.